The molecule has 0 radical (unpaired) electrons. The van der Waals surface area contributed by atoms with Gasteiger partial charge in [0.1, 0.15) is 18.3 Å². The fourth-order valence-electron chi connectivity index (χ4n) is 4.03. The largest absolute Gasteiger partial charge is 0.492 e. The van der Waals surface area contributed by atoms with Crippen LogP contribution in [0.15, 0.2) is 71.6 Å². The van der Waals surface area contributed by atoms with Crippen LogP contribution in [-0.4, -0.2) is 50.4 Å². The normalized spacial score (nSPS) is 12.1. The molecule has 220 valence electrons. The van der Waals surface area contributed by atoms with Crippen molar-refractivity contribution in [2.45, 2.75) is 51.2 Å². The summed E-state index contributed by atoms with van der Waals surface area (Å²) in [4.78, 5) is 28.3. The summed E-state index contributed by atoms with van der Waals surface area (Å²) in [6, 6.07) is 15.9. The summed E-state index contributed by atoms with van der Waals surface area (Å²) in [6.45, 7) is 6.42. The fraction of sp³-hybridized carbons (Fsp3) is 0.310. The Hall–Kier alpha value is -2.98. The van der Waals surface area contributed by atoms with Crippen molar-refractivity contribution in [3.8, 4) is 5.75 Å². The van der Waals surface area contributed by atoms with Crippen molar-refractivity contribution in [1.82, 2.24) is 10.2 Å². The van der Waals surface area contributed by atoms with Crippen molar-refractivity contribution in [2.75, 3.05) is 17.5 Å². The fourth-order valence-corrected chi connectivity index (χ4v) is 6.10. The number of hydrogen-bond acceptors (Lipinski definition) is 5. The Balaban J connectivity index is 2.12. The molecule has 8 nitrogen and oxygen atoms in total. The van der Waals surface area contributed by atoms with E-state index in [-0.39, 0.29) is 35.5 Å². The van der Waals surface area contributed by atoms with Crippen LogP contribution in [0.3, 0.4) is 0 Å². The number of ether oxygens (including phenoxy) is 1. The smallest absolute Gasteiger partial charge is 0.264 e. The third-order valence-corrected chi connectivity index (χ3v) is 8.84. The van der Waals surface area contributed by atoms with Crippen LogP contribution in [0.4, 0.5) is 5.69 Å². The predicted octanol–water partition coefficient (Wildman–Crippen LogP) is 6.18. The van der Waals surface area contributed by atoms with Crippen molar-refractivity contribution < 1.29 is 22.7 Å². The number of carbonyl (C=O) groups is 2. The first kappa shape index (κ1) is 32.5. The van der Waals surface area contributed by atoms with E-state index in [9.17, 15) is 18.0 Å². The van der Waals surface area contributed by atoms with Gasteiger partial charge < -0.3 is 15.0 Å². The molecule has 0 aromatic heterocycles. The van der Waals surface area contributed by atoms with Gasteiger partial charge in [-0.05, 0) is 76.2 Å². The zero-order valence-corrected chi connectivity index (χ0v) is 26.2. The molecule has 0 saturated heterocycles. The summed E-state index contributed by atoms with van der Waals surface area (Å²) in [5.74, 6) is -0.804. The van der Waals surface area contributed by atoms with E-state index in [2.05, 4.69) is 5.32 Å². The first-order valence-electron chi connectivity index (χ1n) is 12.9. The number of rotatable bonds is 12. The molecule has 3 aromatic rings. The maximum absolute atomic E-state index is 14.1. The number of hydrogen-bond donors (Lipinski definition) is 1. The van der Waals surface area contributed by atoms with E-state index in [1.807, 2.05) is 0 Å². The van der Waals surface area contributed by atoms with Gasteiger partial charge in [-0.15, -0.1) is 0 Å². The van der Waals surface area contributed by atoms with Crippen molar-refractivity contribution >= 4 is 62.3 Å². The number of carbonyl (C=O) groups excluding carboxylic acids is 2. The summed E-state index contributed by atoms with van der Waals surface area (Å²) in [6.07, 6.45) is 0. The van der Waals surface area contributed by atoms with Crippen molar-refractivity contribution in [3.05, 3.63) is 87.4 Å². The van der Waals surface area contributed by atoms with Gasteiger partial charge in [0.15, 0.2) is 0 Å². The van der Waals surface area contributed by atoms with Gasteiger partial charge in [-0.2, -0.15) is 0 Å². The average Bonchev–Trinajstić information content (AvgIpc) is 2.91. The number of nitrogens with zero attached hydrogens (tertiary/aromatic N) is 2. The minimum absolute atomic E-state index is 0.0766. The lowest BCUT2D eigenvalue weighted by atomic mass is 10.1. The Kier molecular flexibility index (Phi) is 11.3. The summed E-state index contributed by atoms with van der Waals surface area (Å²) < 4.78 is 34.7. The van der Waals surface area contributed by atoms with Crippen molar-refractivity contribution in [2.24, 2.45) is 0 Å². The number of benzene rings is 3. The quantitative estimate of drug-likeness (QED) is 0.255. The molecule has 2 amide bonds. The Morgan fingerprint density at radius 2 is 1.51 bits per heavy atom. The Bertz CT molecular complexity index is 1460. The lowest BCUT2D eigenvalue weighted by Crippen LogP contribution is -2.52. The van der Waals surface area contributed by atoms with Crippen molar-refractivity contribution in [3.63, 3.8) is 0 Å². The molecule has 0 unspecified atom stereocenters. The van der Waals surface area contributed by atoms with Gasteiger partial charge in [0.05, 0.1) is 17.2 Å². The third kappa shape index (κ3) is 8.07. The van der Waals surface area contributed by atoms with E-state index in [0.29, 0.717) is 20.6 Å². The molecule has 0 aliphatic rings. The van der Waals surface area contributed by atoms with Gasteiger partial charge in [0.2, 0.25) is 11.8 Å². The lowest BCUT2D eigenvalue weighted by Gasteiger charge is -2.33. The number of nitrogens with one attached hydrogen (secondary N) is 1. The molecule has 1 N–H and O–H groups in total. The van der Waals surface area contributed by atoms with Gasteiger partial charge >= 0.3 is 0 Å². The molecule has 0 heterocycles. The van der Waals surface area contributed by atoms with E-state index in [1.165, 1.54) is 29.2 Å². The minimum Gasteiger partial charge on any atom is -0.492 e. The van der Waals surface area contributed by atoms with Gasteiger partial charge in [-0.3, -0.25) is 13.9 Å². The molecule has 3 aromatic carbocycles. The van der Waals surface area contributed by atoms with Gasteiger partial charge in [0, 0.05) is 33.2 Å². The molecular weight excluding hydrogens is 609 g/mol. The summed E-state index contributed by atoms with van der Waals surface area (Å²) in [5, 5.41) is 3.77. The first-order valence-corrected chi connectivity index (χ1v) is 15.5. The summed E-state index contributed by atoms with van der Waals surface area (Å²) >= 11 is 18.8. The third-order valence-electron chi connectivity index (χ3n) is 6.10. The Morgan fingerprint density at radius 1 is 0.902 bits per heavy atom. The maximum atomic E-state index is 14.1. The van der Waals surface area contributed by atoms with Crippen LogP contribution in [0.2, 0.25) is 15.1 Å². The molecule has 0 bridgehead atoms. The first-order chi connectivity index (χ1) is 19.4. The van der Waals surface area contributed by atoms with E-state index < -0.39 is 34.4 Å². The highest BCUT2D eigenvalue weighted by atomic mass is 35.5. The van der Waals surface area contributed by atoms with Crippen LogP contribution < -0.4 is 14.4 Å². The summed E-state index contributed by atoms with van der Waals surface area (Å²) in [5.41, 5.74) is 0.586. The number of halogens is 3. The molecule has 41 heavy (non-hydrogen) atoms. The zero-order valence-electron chi connectivity index (χ0n) is 23.1. The van der Waals surface area contributed by atoms with Crippen molar-refractivity contribution in [1.29, 1.82) is 0 Å². The van der Waals surface area contributed by atoms with Gasteiger partial charge in [-0.25, -0.2) is 8.42 Å². The molecular formula is C29H32Cl3N3O5S. The maximum Gasteiger partial charge on any atom is 0.264 e. The molecule has 0 saturated carbocycles. The number of amides is 2. The Morgan fingerprint density at radius 3 is 2.10 bits per heavy atom. The average molecular weight is 641 g/mol. The van der Waals surface area contributed by atoms with Crippen LogP contribution in [0.5, 0.6) is 5.75 Å². The van der Waals surface area contributed by atoms with Gasteiger partial charge in [0.25, 0.3) is 10.0 Å². The summed E-state index contributed by atoms with van der Waals surface area (Å²) in [7, 11) is -4.30. The standard InChI is InChI=1S/C29H32Cl3N3O5S/c1-5-40-27-12-7-6-11-26(27)35(41(38,39)22-15-13-21(30)14-16-22)18-28(36)34(20(4)29(37)33-19(2)3)17-23-24(31)9-8-10-25(23)32/h6-16,19-20H,5,17-18H2,1-4H3,(H,33,37)/t20-/m0/s1. The monoisotopic (exact) mass is 639 g/mol. The molecule has 1 atom stereocenters. The number of sulfonamides is 1. The molecule has 12 heteroatoms. The van der Waals surface area contributed by atoms with Crippen LogP contribution >= 0.6 is 34.8 Å². The second-order valence-corrected chi connectivity index (χ2v) is 12.5. The van der Waals surface area contributed by atoms with E-state index in [1.54, 1.807) is 70.2 Å². The second kappa shape index (κ2) is 14.3. The molecule has 3 rings (SSSR count). The van der Waals surface area contributed by atoms with Gasteiger partial charge in [-0.1, -0.05) is 53.0 Å². The molecule has 0 aliphatic heterocycles. The minimum atomic E-state index is -4.30. The number of anilines is 1. The molecule has 0 aliphatic carbocycles. The highest BCUT2D eigenvalue weighted by Gasteiger charge is 2.34. The molecule has 0 fully saturated rings. The van der Waals surface area contributed by atoms with Crippen LogP contribution in [0.25, 0.3) is 0 Å². The molecule has 0 spiro atoms. The highest BCUT2D eigenvalue weighted by molar-refractivity contribution is 7.92. The van der Waals surface area contributed by atoms with E-state index in [0.717, 1.165) is 4.31 Å². The van der Waals surface area contributed by atoms with E-state index in [4.69, 9.17) is 39.5 Å². The second-order valence-electron chi connectivity index (χ2n) is 9.43. The zero-order chi connectivity index (χ0) is 30.3. The number of para-hydroxylation sites is 2. The topological polar surface area (TPSA) is 96.0 Å². The van der Waals surface area contributed by atoms with Crippen LogP contribution in [-0.2, 0) is 26.2 Å². The van der Waals surface area contributed by atoms with Crippen LogP contribution in [0, 0.1) is 0 Å². The predicted molar refractivity (Wildman–Crippen MR) is 163 cm³/mol. The lowest BCUT2D eigenvalue weighted by molar-refractivity contribution is -0.139. The highest BCUT2D eigenvalue weighted by Crippen LogP contribution is 2.33. The SMILES string of the molecule is CCOc1ccccc1N(CC(=O)N(Cc1c(Cl)cccc1Cl)[C@@H](C)C(=O)NC(C)C)S(=O)(=O)c1ccc(Cl)cc1. The van der Waals surface area contributed by atoms with E-state index >= 15 is 0 Å². The van der Waals surface area contributed by atoms with Crippen LogP contribution in [0.1, 0.15) is 33.3 Å². The Labute approximate surface area is 256 Å².